The lowest BCUT2D eigenvalue weighted by Crippen LogP contribution is -2.08. The van der Waals surface area contributed by atoms with Crippen molar-refractivity contribution in [3.63, 3.8) is 0 Å². The van der Waals surface area contributed by atoms with Crippen LogP contribution in [0.2, 0.25) is 0 Å². The molecule has 0 saturated heterocycles. The monoisotopic (exact) mass is 317 g/mol. The number of aryl methyl sites for hydroxylation is 1. The molecule has 120 valence electrons. The lowest BCUT2D eigenvalue weighted by molar-refractivity contribution is 0.207. The third-order valence-electron chi connectivity index (χ3n) is 4.87. The molecule has 0 bridgehead atoms. The normalized spacial score (nSPS) is 18.7. The minimum atomic E-state index is -0.000624. The van der Waals surface area contributed by atoms with Crippen molar-refractivity contribution in [2.75, 3.05) is 5.73 Å². The maximum absolute atomic E-state index is 9.02. The van der Waals surface area contributed by atoms with Gasteiger partial charge in [-0.05, 0) is 67.1 Å². The standard InChI is InChI=1S/C20H19N3O/c21-11-12-1-6-16-14(9-12)4-8-19(16)24-15-5-7-18(22)17(10-15)20(23)13-2-3-13/h1,5-7,9-10,13,19,23H,2-4,8,22H2. The number of nitrogens with two attached hydrogens (primary N) is 1. The summed E-state index contributed by atoms with van der Waals surface area (Å²) in [7, 11) is 0. The second kappa shape index (κ2) is 5.68. The van der Waals surface area contributed by atoms with E-state index in [0.717, 1.165) is 42.6 Å². The van der Waals surface area contributed by atoms with Crippen molar-refractivity contribution in [3.8, 4) is 11.8 Å². The van der Waals surface area contributed by atoms with Crippen molar-refractivity contribution in [2.45, 2.75) is 31.8 Å². The van der Waals surface area contributed by atoms with Crippen molar-refractivity contribution in [2.24, 2.45) is 5.92 Å². The number of anilines is 1. The predicted molar refractivity (Wildman–Crippen MR) is 93.3 cm³/mol. The van der Waals surface area contributed by atoms with Gasteiger partial charge in [0, 0.05) is 22.9 Å². The predicted octanol–water partition coefficient (Wildman–Crippen LogP) is 3.98. The lowest BCUT2D eigenvalue weighted by Gasteiger charge is -2.17. The van der Waals surface area contributed by atoms with Gasteiger partial charge in [0.25, 0.3) is 0 Å². The summed E-state index contributed by atoms with van der Waals surface area (Å²) in [6, 6.07) is 13.6. The third-order valence-corrected chi connectivity index (χ3v) is 4.87. The zero-order valence-corrected chi connectivity index (χ0v) is 13.4. The van der Waals surface area contributed by atoms with Crippen molar-refractivity contribution in [1.29, 1.82) is 10.7 Å². The van der Waals surface area contributed by atoms with E-state index in [2.05, 4.69) is 6.07 Å². The molecule has 1 saturated carbocycles. The number of nitrogen functional groups attached to an aromatic ring is 1. The van der Waals surface area contributed by atoms with Crippen LogP contribution in [-0.4, -0.2) is 5.71 Å². The van der Waals surface area contributed by atoms with Gasteiger partial charge in [0.1, 0.15) is 11.9 Å². The molecule has 0 spiro atoms. The Kier molecular flexibility index (Phi) is 3.50. The van der Waals surface area contributed by atoms with Gasteiger partial charge in [0.2, 0.25) is 0 Å². The zero-order valence-electron chi connectivity index (χ0n) is 13.4. The van der Waals surface area contributed by atoms with Gasteiger partial charge < -0.3 is 15.9 Å². The quantitative estimate of drug-likeness (QED) is 0.661. The zero-order chi connectivity index (χ0) is 16.7. The molecule has 3 N–H and O–H groups in total. The summed E-state index contributed by atoms with van der Waals surface area (Å²) in [5, 5.41) is 17.3. The minimum Gasteiger partial charge on any atom is -0.486 e. The van der Waals surface area contributed by atoms with Gasteiger partial charge >= 0.3 is 0 Å². The smallest absolute Gasteiger partial charge is 0.124 e. The summed E-state index contributed by atoms with van der Waals surface area (Å²) in [4.78, 5) is 0. The first kappa shape index (κ1) is 14.8. The first-order valence-electron chi connectivity index (χ1n) is 8.33. The molecule has 4 heteroatoms. The number of nitrogens with one attached hydrogen (secondary N) is 1. The number of benzene rings is 2. The van der Waals surface area contributed by atoms with E-state index < -0.39 is 0 Å². The van der Waals surface area contributed by atoms with E-state index in [9.17, 15) is 0 Å². The molecule has 0 amide bonds. The molecule has 1 fully saturated rings. The molecule has 0 aliphatic heterocycles. The highest BCUT2D eigenvalue weighted by Gasteiger charge is 2.29. The van der Waals surface area contributed by atoms with Crippen molar-refractivity contribution in [3.05, 3.63) is 58.7 Å². The third kappa shape index (κ3) is 2.63. The average molecular weight is 317 g/mol. The summed E-state index contributed by atoms with van der Waals surface area (Å²) < 4.78 is 6.19. The maximum atomic E-state index is 9.02. The van der Waals surface area contributed by atoms with Crippen LogP contribution in [-0.2, 0) is 6.42 Å². The molecular weight excluding hydrogens is 298 g/mol. The second-order valence-electron chi connectivity index (χ2n) is 6.61. The fourth-order valence-corrected chi connectivity index (χ4v) is 3.37. The molecule has 0 radical (unpaired) electrons. The van der Waals surface area contributed by atoms with Gasteiger partial charge in [-0.15, -0.1) is 0 Å². The number of fused-ring (bicyclic) bond motifs is 1. The summed E-state index contributed by atoms with van der Waals surface area (Å²) in [5.41, 5.74) is 11.2. The molecule has 4 rings (SSSR count). The molecule has 1 atom stereocenters. The van der Waals surface area contributed by atoms with E-state index in [1.807, 2.05) is 36.4 Å². The highest BCUT2D eigenvalue weighted by Crippen LogP contribution is 2.38. The number of ether oxygens (including phenoxy) is 1. The van der Waals surface area contributed by atoms with Crippen LogP contribution in [0.5, 0.6) is 5.75 Å². The van der Waals surface area contributed by atoms with Gasteiger partial charge in [-0.25, -0.2) is 0 Å². The number of nitriles is 1. The lowest BCUT2D eigenvalue weighted by atomic mass is 10.0. The van der Waals surface area contributed by atoms with Gasteiger partial charge in [-0.2, -0.15) is 5.26 Å². The Morgan fingerprint density at radius 1 is 1.17 bits per heavy atom. The van der Waals surface area contributed by atoms with Crippen LogP contribution in [0.4, 0.5) is 5.69 Å². The van der Waals surface area contributed by atoms with Crippen LogP contribution in [0.25, 0.3) is 0 Å². The molecule has 2 aromatic carbocycles. The fourth-order valence-electron chi connectivity index (χ4n) is 3.37. The van der Waals surface area contributed by atoms with Gasteiger partial charge in [-0.1, -0.05) is 6.07 Å². The molecule has 24 heavy (non-hydrogen) atoms. The van der Waals surface area contributed by atoms with Crippen LogP contribution in [0, 0.1) is 22.7 Å². The average Bonchev–Trinajstić information content (AvgIpc) is 3.38. The first-order chi connectivity index (χ1) is 11.7. The Morgan fingerprint density at radius 2 is 2.00 bits per heavy atom. The molecule has 2 aromatic rings. The molecule has 2 aliphatic carbocycles. The highest BCUT2D eigenvalue weighted by atomic mass is 16.5. The molecule has 2 aliphatic rings. The van der Waals surface area contributed by atoms with E-state index in [-0.39, 0.29) is 6.10 Å². The minimum absolute atomic E-state index is 0.000624. The molecule has 4 nitrogen and oxygen atoms in total. The number of nitrogens with zero attached hydrogens (tertiary/aromatic N) is 1. The second-order valence-corrected chi connectivity index (χ2v) is 6.61. The van der Waals surface area contributed by atoms with Gasteiger partial charge in [-0.3, -0.25) is 0 Å². The summed E-state index contributed by atoms with van der Waals surface area (Å²) in [6.07, 6.45) is 4.00. The van der Waals surface area contributed by atoms with E-state index in [0.29, 0.717) is 22.9 Å². The van der Waals surface area contributed by atoms with Gasteiger partial charge in [0.15, 0.2) is 0 Å². The Bertz CT molecular complexity index is 862. The topological polar surface area (TPSA) is 82.9 Å². The Morgan fingerprint density at radius 3 is 2.75 bits per heavy atom. The highest BCUT2D eigenvalue weighted by molar-refractivity contribution is 6.05. The molecular formula is C20H19N3O. The van der Waals surface area contributed by atoms with Crippen LogP contribution in [0.1, 0.15) is 47.6 Å². The molecule has 0 heterocycles. The number of hydrogen-bond donors (Lipinski definition) is 2. The van der Waals surface area contributed by atoms with Crippen LogP contribution < -0.4 is 10.5 Å². The van der Waals surface area contributed by atoms with Crippen molar-refractivity contribution in [1.82, 2.24) is 0 Å². The van der Waals surface area contributed by atoms with Crippen LogP contribution >= 0.6 is 0 Å². The van der Waals surface area contributed by atoms with Crippen molar-refractivity contribution >= 4 is 11.4 Å². The van der Waals surface area contributed by atoms with Crippen LogP contribution in [0.3, 0.4) is 0 Å². The Hall–Kier alpha value is -2.80. The largest absolute Gasteiger partial charge is 0.486 e. The number of rotatable bonds is 4. The summed E-state index contributed by atoms with van der Waals surface area (Å²) >= 11 is 0. The SMILES string of the molecule is N#Cc1ccc2c(c1)CCC2Oc1ccc(N)c(C(=N)C2CC2)c1. The Balaban J connectivity index is 1.58. The Labute approximate surface area is 141 Å². The van der Waals surface area contributed by atoms with E-state index in [4.69, 9.17) is 21.1 Å². The maximum Gasteiger partial charge on any atom is 0.124 e. The fraction of sp³-hybridized carbons (Fsp3) is 0.300. The summed E-state index contributed by atoms with van der Waals surface area (Å²) in [6.45, 7) is 0. The van der Waals surface area contributed by atoms with Crippen LogP contribution in [0.15, 0.2) is 36.4 Å². The first-order valence-corrected chi connectivity index (χ1v) is 8.33. The number of hydrogen-bond acceptors (Lipinski definition) is 4. The summed E-state index contributed by atoms with van der Waals surface area (Å²) in [5.74, 6) is 1.12. The van der Waals surface area contributed by atoms with E-state index in [1.165, 1.54) is 5.56 Å². The van der Waals surface area contributed by atoms with E-state index >= 15 is 0 Å². The van der Waals surface area contributed by atoms with Gasteiger partial charge in [0.05, 0.1) is 11.6 Å². The van der Waals surface area contributed by atoms with E-state index in [1.54, 1.807) is 0 Å². The van der Waals surface area contributed by atoms with Crippen molar-refractivity contribution < 1.29 is 4.74 Å². The molecule has 0 aromatic heterocycles. The molecule has 1 unspecified atom stereocenters.